The van der Waals surface area contributed by atoms with Crippen molar-refractivity contribution in [2.75, 3.05) is 0 Å². The Balaban J connectivity index is 1.32. The lowest BCUT2D eigenvalue weighted by Crippen LogP contribution is -2.03. The number of benzene rings is 6. The van der Waals surface area contributed by atoms with Gasteiger partial charge >= 0.3 is 0 Å². The Bertz CT molecular complexity index is 2470. The third-order valence-electron chi connectivity index (χ3n) is 9.55. The van der Waals surface area contributed by atoms with Crippen LogP contribution in [0.15, 0.2) is 146 Å². The third-order valence-corrected chi connectivity index (χ3v) is 9.55. The maximum Gasteiger partial charge on any atom is 0.0721 e. The van der Waals surface area contributed by atoms with Gasteiger partial charge in [0.1, 0.15) is 0 Å². The zero-order valence-corrected chi connectivity index (χ0v) is 25.7. The molecule has 46 heavy (non-hydrogen) atoms. The molecular weight excluding hydrogens is 556 g/mol. The van der Waals surface area contributed by atoms with E-state index in [0.717, 1.165) is 12.8 Å². The predicted octanol–water partition coefficient (Wildman–Crippen LogP) is 11.6. The maximum absolute atomic E-state index is 4.53. The average molecular weight is 589 g/mol. The summed E-state index contributed by atoms with van der Waals surface area (Å²) in [5.41, 5.74) is 13.8. The molecule has 1 aliphatic carbocycles. The van der Waals surface area contributed by atoms with Gasteiger partial charge in [-0.1, -0.05) is 115 Å². The molecule has 2 heterocycles. The highest BCUT2D eigenvalue weighted by molar-refractivity contribution is 6.22. The Kier molecular flexibility index (Phi) is 6.21. The van der Waals surface area contributed by atoms with E-state index in [1.807, 2.05) is 12.4 Å². The van der Waals surface area contributed by atoms with Gasteiger partial charge in [0.2, 0.25) is 0 Å². The van der Waals surface area contributed by atoms with Gasteiger partial charge in [-0.2, -0.15) is 0 Å². The number of aromatic nitrogens is 2. The van der Waals surface area contributed by atoms with Gasteiger partial charge in [-0.3, -0.25) is 4.98 Å². The summed E-state index contributed by atoms with van der Waals surface area (Å²) in [6.07, 6.45) is 10.6. The molecule has 0 spiro atoms. The molecule has 2 heteroatoms. The van der Waals surface area contributed by atoms with Crippen LogP contribution < -0.4 is 0 Å². The number of allylic oxidation sites excluding steroid dienone is 1. The molecule has 0 amide bonds. The highest BCUT2D eigenvalue weighted by atomic mass is 15.0. The third kappa shape index (κ3) is 4.22. The Hall–Kier alpha value is -5.73. The van der Waals surface area contributed by atoms with E-state index in [1.165, 1.54) is 88.3 Å². The summed E-state index contributed by atoms with van der Waals surface area (Å²) in [7, 11) is 0. The van der Waals surface area contributed by atoms with Crippen LogP contribution in [0.4, 0.5) is 0 Å². The minimum absolute atomic E-state index is 1.02. The summed E-state index contributed by atoms with van der Waals surface area (Å²) in [6, 6.07) is 46.8. The van der Waals surface area contributed by atoms with Crippen LogP contribution in [0.2, 0.25) is 0 Å². The first kappa shape index (κ1) is 26.7. The minimum Gasteiger partial charge on any atom is -0.311 e. The number of hydrogen-bond acceptors (Lipinski definition) is 1. The number of rotatable bonds is 4. The number of hydrogen-bond donors (Lipinski definition) is 0. The number of nitrogens with zero attached hydrogens (tertiary/aromatic N) is 2. The fourth-order valence-electron chi connectivity index (χ4n) is 7.61. The smallest absolute Gasteiger partial charge is 0.0721 e. The normalized spacial score (nSPS) is 12.6. The van der Waals surface area contributed by atoms with E-state index < -0.39 is 0 Å². The van der Waals surface area contributed by atoms with E-state index in [9.17, 15) is 0 Å². The summed E-state index contributed by atoms with van der Waals surface area (Å²) in [5.74, 6) is 0. The minimum atomic E-state index is 1.02. The van der Waals surface area contributed by atoms with Gasteiger partial charge in [0, 0.05) is 28.5 Å². The SMILES string of the molecule is Cc1cc(-c2ccc3c(-c4ccccc4)c4ccccc4c(-c4ccccc4)c3c2)cc(-n2c3c(c4ccncc42)C=CCC3)c1. The molecule has 6 aromatic carbocycles. The van der Waals surface area contributed by atoms with Gasteiger partial charge in [-0.15, -0.1) is 0 Å². The summed E-state index contributed by atoms with van der Waals surface area (Å²) >= 11 is 0. The molecule has 218 valence electrons. The molecule has 0 saturated heterocycles. The first-order valence-corrected chi connectivity index (χ1v) is 16.1. The number of pyridine rings is 1. The molecule has 0 saturated carbocycles. The summed E-state index contributed by atoms with van der Waals surface area (Å²) < 4.78 is 2.44. The number of fused-ring (bicyclic) bond motifs is 5. The second-order valence-corrected chi connectivity index (χ2v) is 12.4. The molecule has 0 bridgehead atoms. The van der Waals surface area contributed by atoms with Gasteiger partial charge in [0.15, 0.2) is 0 Å². The van der Waals surface area contributed by atoms with Crippen LogP contribution in [0.3, 0.4) is 0 Å². The summed E-state index contributed by atoms with van der Waals surface area (Å²) in [4.78, 5) is 4.53. The quantitative estimate of drug-likeness (QED) is 0.187. The van der Waals surface area contributed by atoms with Gasteiger partial charge in [0.05, 0.1) is 11.7 Å². The number of aryl methyl sites for hydroxylation is 1. The van der Waals surface area contributed by atoms with Crippen molar-refractivity contribution in [3.05, 3.63) is 163 Å². The van der Waals surface area contributed by atoms with Crippen LogP contribution in [0.1, 0.15) is 23.2 Å². The van der Waals surface area contributed by atoms with Crippen molar-refractivity contribution in [2.24, 2.45) is 0 Å². The molecule has 0 unspecified atom stereocenters. The van der Waals surface area contributed by atoms with E-state index >= 15 is 0 Å². The molecule has 0 fully saturated rings. The second-order valence-electron chi connectivity index (χ2n) is 12.4. The van der Waals surface area contributed by atoms with Gasteiger partial charge < -0.3 is 4.57 Å². The Morgan fingerprint density at radius 2 is 1.24 bits per heavy atom. The highest BCUT2D eigenvalue weighted by Crippen LogP contribution is 2.45. The van der Waals surface area contributed by atoms with Crippen LogP contribution in [-0.4, -0.2) is 9.55 Å². The zero-order valence-electron chi connectivity index (χ0n) is 25.7. The van der Waals surface area contributed by atoms with Crippen molar-refractivity contribution < 1.29 is 0 Å². The molecule has 0 N–H and O–H groups in total. The fourth-order valence-corrected chi connectivity index (χ4v) is 7.61. The van der Waals surface area contributed by atoms with E-state index in [0.29, 0.717) is 0 Å². The van der Waals surface area contributed by atoms with Crippen molar-refractivity contribution in [1.82, 2.24) is 9.55 Å². The molecular formula is C44H32N2. The Morgan fingerprint density at radius 3 is 1.98 bits per heavy atom. The Labute approximate surface area is 268 Å². The van der Waals surface area contributed by atoms with Crippen molar-refractivity contribution >= 4 is 38.5 Å². The van der Waals surface area contributed by atoms with Crippen molar-refractivity contribution in [2.45, 2.75) is 19.8 Å². The molecule has 2 nitrogen and oxygen atoms in total. The van der Waals surface area contributed by atoms with E-state index in [-0.39, 0.29) is 0 Å². The Morgan fingerprint density at radius 1 is 0.565 bits per heavy atom. The fraction of sp³-hybridized carbons (Fsp3) is 0.0682. The zero-order chi connectivity index (χ0) is 30.6. The molecule has 9 rings (SSSR count). The van der Waals surface area contributed by atoms with Gasteiger partial charge in [0.25, 0.3) is 0 Å². The molecule has 2 aromatic heterocycles. The van der Waals surface area contributed by atoms with Crippen LogP contribution >= 0.6 is 0 Å². The lowest BCUT2D eigenvalue weighted by Gasteiger charge is -2.19. The second kappa shape index (κ2) is 10.7. The van der Waals surface area contributed by atoms with Crippen LogP contribution in [0.5, 0.6) is 0 Å². The van der Waals surface area contributed by atoms with Gasteiger partial charge in [-0.25, -0.2) is 0 Å². The van der Waals surface area contributed by atoms with Crippen molar-refractivity contribution in [1.29, 1.82) is 0 Å². The highest BCUT2D eigenvalue weighted by Gasteiger charge is 2.20. The van der Waals surface area contributed by atoms with Crippen molar-refractivity contribution in [3.63, 3.8) is 0 Å². The first-order valence-electron chi connectivity index (χ1n) is 16.1. The summed E-state index contributed by atoms with van der Waals surface area (Å²) in [5, 5.41) is 6.35. The van der Waals surface area contributed by atoms with Crippen LogP contribution in [0, 0.1) is 6.92 Å². The standard InChI is InChI=1S/C44H32N2/c1-29-24-33(26-34(25-29)46-41-19-11-10-16-35(41)36-22-23-45-28-42(36)46)32-20-21-39-40(27-32)44(31-14-6-3-7-15-31)38-18-9-8-17-37(38)43(39)30-12-4-2-5-13-30/h2-10,12-18,20-28H,11,19H2,1H3. The summed E-state index contributed by atoms with van der Waals surface area (Å²) in [6.45, 7) is 2.21. The van der Waals surface area contributed by atoms with Crippen LogP contribution in [0.25, 0.3) is 77.6 Å². The topological polar surface area (TPSA) is 17.8 Å². The monoisotopic (exact) mass is 588 g/mol. The van der Waals surface area contributed by atoms with E-state index in [2.05, 4.69) is 156 Å². The van der Waals surface area contributed by atoms with E-state index in [4.69, 9.17) is 0 Å². The van der Waals surface area contributed by atoms with E-state index in [1.54, 1.807) is 0 Å². The molecule has 8 aromatic rings. The largest absolute Gasteiger partial charge is 0.311 e. The van der Waals surface area contributed by atoms with Crippen LogP contribution in [-0.2, 0) is 6.42 Å². The molecule has 0 radical (unpaired) electrons. The maximum atomic E-state index is 4.53. The van der Waals surface area contributed by atoms with Gasteiger partial charge in [-0.05, 0) is 105 Å². The van der Waals surface area contributed by atoms with Crippen molar-refractivity contribution in [3.8, 4) is 39.1 Å². The molecule has 1 aliphatic rings. The molecule has 0 aliphatic heterocycles. The lowest BCUT2D eigenvalue weighted by atomic mass is 9.85. The lowest BCUT2D eigenvalue weighted by molar-refractivity contribution is 0.887. The average Bonchev–Trinajstić information content (AvgIpc) is 3.45. The predicted molar refractivity (Wildman–Crippen MR) is 194 cm³/mol. The molecule has 0 atom stereocenters. The first-order chi connectivity index (χ1) is 22.7.